The first-order valence-corrected chi connectivity index (χ1v) is 7.42. The third-order valence-corrected chi connectivity index (χ3v) is 4.96. The van der Waals surface area contributed by atoms with Crippen LogP contribution in [0.15, 0.2) is 0 Å². The Kier molecular flexibility index (Phi) is 4.29. The monoisotopic (exact) mass is 250 g/mol. The van der Waals surface area contributed by atoms with Gasteiger partial charge in [-0.1, -0.05) is 13.8 Å². The standard InChI is InChI=1S/C15H26N2O/c1-3-15(4-2)11-13(5-10-18-15)17-12-14(6-7-14)8-9-16/h13,17H,3-8,10-12H2,1-2H3. The topological polar surface area (TPSA) is 45.0 Å². The van der Waals surface area contributed by atoms with Crippen LogP contribution in [0, 0.1) is 16.7 Å². The summed E-state index contributed by atoms with van der Waals surface area (Å²) in [7, 11) is 0. The van der Waals surface area contributed by atoms with E-state index in [4.69, 9.17) is 10.00 Å². The molecule has 1 saturated heterocycles. The molecule has 1 N–H and O–H groups in total. The molecule has 18 heavy (non-hydrogen) atoms. The van der Waals surface area contributed by atoms with E-state index in [1.807, 2.05) is 0 Å². The summed E-state index contributed by atoms with van der Waals surface area (Å²) < 4.78 is 6.00. The number of hydrogen-bond acceptors (Lipinski definition) is 3. The van der Waals surface area contributed by atoms with Crippen molar-refractivity contribution < 1.29 is 4.74 Å². The molecule has 1 aliphatic carbocycles. The van der Waals surface area contributed by atoms with E-state index in [2.05, 4.69) is 25.2 Å². The number of ether oxygens (including phenoxy) is 1. The van der Waals surface area contributed by atoms with E-state index in [0.29, 0.717) is 11.5 Å². The summed E-state index contributed by atoms with van der Waals surface area (Å²) in [4.78, 5) is 0. The lowest BCUT2D eigenvalue weighted by Gasteiger charge is -2.40. The van der Waals surface area contributed by atoms with Gasteiger partial charge in [0, 0.05) is 25.6 Å². The Hall–Kier alpha value is -0.590. The highest BCUT2D eigenvalue weighted by Gasteiger charge is 2.43. The smallest absolute Gasteiger partial charge is 0.0692 e. The number of hydrogen-bond donors (Lipinski definition) is 1. The van der Waals surface area contributed by atoms with Crippen LogP contribution in [0.5, 0.6) is 0 Å². The SMILES string of the molecule is CCC1(CC)CC(NCC2(CC#N)CC2)CCO1. The average Bonchev–Trinajstić information content (AvgIpc) is 3.17. The van der Waals surface area contributed by atoms with Crippen molar-refractivity contribution >= 4 is 0 Å². The summed E-state index contributed by atoms with van der Waals surface area (Å²) in [5.41, 5.74) is 0.413. The van der Waals surface area contributed by atoms with Gasteiger partial charge < -0.3 is 10.1 Å². The fraction of sp³-hybridized carbons (Fsp3) is 0.933. The maximum absolute atomic E-state index is 8.84. The van der Waals surface area contributed by atoms with E-state index in [1.54, 1.807) is 0 Å². The van der Waals surface area contributed by atoms with Crippen LogP contribution in [0.2, 0.25) is 0 Å². The normalized spacial score (nSPS) is 28.6. The maximum atomic E-state index is 8.84. The highest BCUT2D eigenvalue weighted by Crippen LogP contribution is 2.48. The molecule has 1 saturated carbocycles. The molecule has 1 aliphatic heterocycles. The lowest BCUT2D eigenvalue weighted by molar-refractivity contribution is -0.0933. The zero-order chi connectivity index (χ0) is 13.1. The number of nitrogens with one attached hydrogen (secondary N) is 1. The molecule has 1 heterocycles. The molecule has 0 spiro atoms. The van der Waals surface area contributed by atoms with Gasteiger partial charge in [-0.15, -0.1) is 0 Å². The average molecular weight is 250 g/mol. The summed E-state index contributed by atoms with van der Waals surface area (Å²) in [5, 5.41) is 12.5. The molecule has 3 nitrogen and oxygen atoms in total. The van der Waals surface area contributed by atoms with Gasteiger partial charge in [0.1, 0.15) is 0 Å². The zero-order valence-electron chi connectivity index (χ0n) is 11.8. The Bertz CT molecular complexity index is 313. The number of nitriles is 1. The summed E-state index contributed by atoms with van der Waals surface area (Å²) >= 11 is 0. The van der Waals surface area contributed by atoms with Crippen LogP contribution in [-0.2, 0) is 4.74 Å². The van der Waals surface area contributed by atoms with E-state index in [-0.39, 0.29) is 5.60 Å². The summed E-state index contributed by atoms with van der Waals surface area (Å²) in [6.07, 6.45) is 7.62. The first kappa shape index (κ1) is 13.8. The van der Waals surface area contributed by atoms with Gasteiger partial charge in [-0.25, -0.2) is 0 Å². The third kappa shape index (κ3) is 3.05. The molecule has 2 fully saturated rings. The Balaban J connectivity index is 1.81. The van der Waals surface area contributed by atoms with Gasteiger partial charge in [-0.3, -0.25) is 0 Å². The zero-order valence-corrected chi connectivity index (χ0v) is 11.8. The molecule has 1 unspecified atom stereocenters. The number of nitrogens with zero attached hydrogens (tertiary/aromatic N) is 1. The Morgan fingerprint density at radius 1 is 1.33 bits per heavy atom. The van der Waals surface area contributed by atoms with Crippen molar-refractivity contribution in [3.05, 3.63) is 0 Å². The second-order valence-electron chi connectivity index (χ2n) is 6.14. The minimum atomic E-state index is 0.0991. The van der Waals surface area contributed by atoms with Crippen LogP contribution in [0.4, 0.5) is 0 Å². The highest BCUT2D eigenvalue weighted by molar-refractivity contribution is 5.01. The summed E-state index contributed by atoms with van der Waals surface area (Å²) in [5.74, 6) is 0. The molecule has 0 aromatic heterocycles. The van der Waals surface area contributed by atoms with E-state index in [0.717, 1.165) is 45.3 Å². The van der Waals surface area contributed by atoms with E-state index in [1.165, 1.54) is 12.8 Å². The van der Waals surface area contributed by atoms with Crippen molar-refractivity contribution in [3.63, 3.8) is 0 Å². The maximum Gasteiger partial charge on any atom is 0.0692 e. The van der Waals surface area contributed by atoms with Crippen molar-refractivity contribution in [2.24, 2.45) is 5.41 Å². The molecule has 3 heteroatoms. The molecule has 1 atom stereocenters. The Morgan fingerprint density at radius 3 is 2.61 bits per heavy atom. The molecule has 0 radical (unpaired) electrons. The molecule has 102 valence electrons. The highest BCUT2D eigenvalue weighted by atomic mass is 16.5. The van der Waals surface area contributed by atoms with Crippen molar-refractivity contribution in [2.75, 3.05) is 13.2 Å². The molecule has 0 aromatic carbocycles. The van der Waals surface area contributed by atoms with Gasteiger partial charge >= 0.3 is 0 Å². The first-order valence-electron chi connectivity index (χ1n) is 7.42. The second-order valence-corrected chi connectivity index (χ2v) is 6.14. The van der Waals surface area contributed by atoms with E-state index >= 15 is 0 Å². The molecule has 0 bridgehead atoms. The number of rotatable bonds is 6. The minimum Gasteiger partial charge on any atom is -0.375 e. The van der Waals surface area contributed by atoms with Gasteiger partial charge in [-0.05, 0) is 43.9 Å². The molecular formula is C15H26N2O. The Morgan fingerprint density at radius 2 is 2.06 bits per heavy atom. The predicted octanol–water partition coefficient (Wildman–Crippen LogP) is 3.01. The second kappa shape index (κ2) is 5.59. The third-order valence-electron chi connectivity index (χ3n) is 4.96. The van der Waals surface area contributed by atoms with Crippen LogP contribution in [-0.4, -0.2) is 24.8 Å². The van der Waals surface area contributed by atoms with Crippen LogP contribution >= 0.6 is 0 Å². The van der Waals surface area contributed by atoms with Gasteiger partial charge in [-0.2, -0.15) is 5.26 Å². The van der Waals surface area contributed by atoms with Crippen LogP contribution in [0.25, 0.3) is 0 Å². The van der Waals surface area contributed by atoms with Crippen LogP contribution in [0.3, 0.4) is 0 Å². The van der Waals surface area contributed by atoms with Crippen molar-refractivity contribution in [1.29, 1.82) is 5.26 Å². The fourth-order valence-corrected chi connectivity index (χ4v) is 3.07. The van der Waals surface area contributed by atoms with Gasteiger partial charge in [0.2, 0.25) is 0 Å². The lowest BCUT2D eigenvalue weighted by atomic mass is 9.85. The van der Waals surface area contributed by atoms with Gasteiger partial charge in [0.15, 0.2) is 0 Å². The molecular weight excluding hydrogens is 224 g/mol. The van der Waals surface area contributed by atoms with Crippen LogP contribution < -0.4 is 5.32 Å². The fourth-order valence-electron chi connectivity index (χ4n) is 3.07. The van der Waals surface area contributed by atoms with Crippen molar-refractivity contribution in [2.45, 2.75) is 70.4 Å². The lowest BCUT2D eigenvalue weighted by Crippen LogP contribution is -2.47. The first-order chi connectivity index (χ1) is 8.67. The van der Waals surface area contributed by atoms with E-state index < -0.39 is 0 Å². The largest absolute Gasteiger partial charge is 0.375 e. The van der Waals surface area contributed by atoms with Gasteiger partial charge in [0.25, 0.3) is 0 Å². The molecule has 2 aliphatic rings. The summed E-state index contributed by atoms with van der Waals surface area (Å²) in [6, 6.07) is 2.91. The van der Waals surface area contributed by atoms with Crippen LogP contribution in [0.1, 0.15) is 58.8 Å². The van der Waals surface area contributed by atoms with Crippen molar-refractivity contribution in [3.8, 4) is 6.07 Å². The van der Waals surface area contributed by atoms with E-state index in [9.17, 15) is 0 Å². The Labute approximate surface area is 111 Å². The predicted molar refractivity (Wildman–Crippen MR) is 72.2 cm³/mol. The summed E-state index contributed by atoms with van der Waals surface area (Å²) in [6.45, 7) is 6.35. The molecule has 2 rings (SSSR count). The quantitative estimate of drug-likeness (QED) is 0.788. The molecule has 0 amide bonds. The van der Waals surface area contributed by atoms with Gasteiger partial charge in [0.05, 0.1) is 11.7 Å². The minimum absolute atomic E-state index is 0.0991. The molecule has 0 aromatic rings. The van der Waals surface area contributed by atoms with Crippen molar-refractivity contribution in [1.82, 2.24) is 5.32 Å².